The molecule has 88 heavy (non-hydrogen) atoms. The van der Waals surface area contributed by atoms with E-state index in [-0.39, 0.29) is 75.9 Å². The van der Waals surface area contributed by atoms with E-state index in [1.807, 2.05) is 0 Å². The molecule has 0 radical (unpaired) electrons. The number of unbranched alkanes of at least 4 members (excludes halogenated alkanes) is 20. The van der Waals surface area contributed by atoms with Crippen molar-refractivity contribution in [2.45, 2.75) is 305 Å². The normalized spacial score (nSPS) is 14.1. The van der Waals surface area contributed by atoms with Gasteiger partial charge in [-0.2, -0.15) is 0 Å². The molecule has 1 aliphatic rings. The third kappa shape index (κ3) is 47.9. The number of nitrogens with one attached hydrogen (secondary N) is 1. The van der Waals surface area contributed by atoms with Gasteiger partial charge in [-0.15, -0.1) is 0 Å². The number of ether oxygens (including phenoxy) is 8. The van der Waals surface area contributed by atoms with E-state index in [0.717, 1.165) is 219 Å². The van der Waals surface area contributed by atoms with Crippen LogP contribution in [0.3, 0.4) is 0 Å². The molecule has 16 heteroatoms. The zero-order chi connectivity index (χ0) is 64.2. The number of nitrogens with zero attached hydrogens (tertiary/aromatic N) is 1. The minimum Gasteiger partial charge on any atom is -0.465 e. The summed E-state index contributed by atoms with van der Waals surface area (Å²) in [6, 6.07) is 0. The Balaban J connectivity index is 3.11. The smallest absolute Gasteiger partial charge is 0.407 e. The first-order valence-corrected chi connectivity index (χ1v) is 35.9. The number of rotatable bonds is 62. The van der Waals surface area contributed by atoms with E-state index in [0.29, 0.717) is 52.4 Å². The Labute approximate surface area is 535 Å². The van der Waals surface area contributed by atoms with E-state index < -0.39 is 35.7 Å². The van der Waals surface area contributed by atoms with Crippen molar-refractivity contribution in [1.29, 1.82) is 0 Å². The summed E-state index contributed by atoms with van der Waals surface area (Å²) in [6.45, 7) is 16.3. The van der Waals surface area contributed by atoms with Gasteiger partial charge in [-0.3, -0.25) is 24.0 Å². The van der Waals surface area contributed by atoms with Crippen molar-refractivity contribution in [2.75, 3.05) is 79.0 Å². The van der Waals surface area contributed by atoms with Gasteiger partial charge >= 0.3 is 35.9 Å². The first-order valence-electron chi connectivity index (χ1n) is 35.9. The summed E-state index contributed by atoms with van der Waals surface area (Å²) in [6.07, 6.45) is 42.1. The number of carbonyl (C=O) groups is 6. The van der Waals surface area contributed by atoms with Crippen LogP contribution in [0.25, 0.3) is 0 Å². The molecule has 1 fully saturated rings. The third-order valence-corrected chi connectivity index (χ3v) is 16.4. The van der Waals surface area contributed by atoms with Crippen LogP contribution < -0.4 is 5.32 Å². The summed E-state index contributed by atoms with van der Waals surface area (Å²) in [5.41, 5.74) is -1.43. The van der Waals surface area contributed by atoms with Crippen LogP contribution in [0.2, 0.25) is 0 Å². The average Bonchev–Trinajstić information content (AvgIpc) is 4.18. The highest BCUT2D eigenvalue weighted by molar-refractivity contribution is 5.73. The molecule has 2 unspecified atom stereocenters. The number of carbonyl (C=O) groups excluding carboxylic acids is 6. The SMILES string of the molecule is CC/C=C\CCCCOC(CCC(=O)OCC(COC(=O)CCCCCCCOC(=O)C(CCCC)CCCCCC)(COC(=O)CCCCCCCOC(=O)C(CCCC)CCCCCC)COC(=O)NCCN1CCCC1)OCCCC/C=C\CC. The number of hydrogen-bond acceptors (Lipinski definition) is 15. The summed E-state index contributed by atoms with van der Waals surface area (Å²) in [4.78, 5) is 82.2. The highest BCUT2D eigenvalue weighted by atomic mass is 16.7. The molecule has 0 aliphatic carbocycles. The molecule has 512 valence electrons. The highest BCUT2D eigenvalue weighted by Gasteiger charge is 2.38. The van der Waals surface area contributed by atoms with Gasteiger partial charge in [0.25, 0.3) is 0 Å². The highest BCUT2D eigenvalue weighted by Crippen LogP contribution is 2.25. The second-order valence-electron chi connectivity index (χ2n) is 24.7. The topological polar surface area (TPSA) is 192 Å². The molecule has 0 aromatic carbocycles. The van der Waals surface area contributed by atoms with Crippen LogP contribution in [-0.4, -0.2) is 126 Å². The zero-order valence-corrected chi connectivity index (χ0v) is 57.0. The molecule has 0 aromatic rings. The first-order chi connectivity index (χ1) is 43.0. The van der Waals surface area contributed by atoms with Crippen molar-refractivity contribution in [2.24, 2.45) is 17.3 Å². The fourth-order valence-corrected chi connectivity index (χ4v) is 10.6. The minimum absolute atomic E-state index is 0.0291. The number of allylic oxidation sites excluding steroid dienone is 4. The zero-order valence-electron chi connectivity index (χ0n) is 57.0. The van der Waals surface area contributed by atoms with Crippen molar-refractivity contribution in [3.8, 4) is 0 Å². The van der Waals surface area contributed by atoms with Gasteiger partial charge in [0.15, 0.2) is 6.29 Å². The number of alkyl carbamates (subject to hydrolysis) is 1. The Morgan fingerprint density at radius 3 is 1.26 bits per heavy atom. The molecule has 0 aromatic heterocycles. The molecule has 1 saturated heterocycles. The maximum Gasteiger partial charge on any atom is 0.407 e. The maximum atomic E-state index is 13.7. The predicted octanol–water partition coefficient (Wildman–Crippen LogP) is 17.2. The van der Waals surface area contributed by atoms with Crippen LogP contribution in [0.1, 0.15) is 298 Å². The summed E-state index contributed by atoms with van der Waals surface area (Å²) >= 11 is 0. The Hall–Kier alpha value is -4.02. The quantitative estimate of drug-likeness (QED) is 0.0199. The van der Waals surface area contributed by atoms with Crippen molar-refractivity contribution in [1.82, 2.24) is 10.2 Å². The van der Waals surface area contributed by atoms with E-state index in [1.165, 1.54) is 12.8 Å². The Morgan fingerprint density at radius 1 is 0.409 bits per heavy atom. The summed E-state index contributed by atoms with van der Waals surface area (Å²) in [5, 5.41) is 2.83. The maximum absolute atomic E-state index is 13.7. The summed E-state index contributed by atoms with van der Waals surface area (Å²) in [5.74, 6) is -1.71. The van der Waals surface area contributed by atoms with Crippen LogP contribution in [0, 0.1) is 17.3 Å². The van der Waals surface area contributed by atoms with Crippen molar-refractivity contribution >= 4 is 35.9 Å². The molecular weight excluding hydrogens is 1120 g/mol. The van der Waals surface area contributed by atoms with Gasteiger partial charge in [-0.05, 0) is 129 Å². The standard InChI is InChI=1S/C72H130N2O14/c1-7-13-19-23-29-39-55-81-68(82-56-40-30-24-20-14-8-2)50-49-67(77)87-61-72(62-88-71(80)73-51-54-74-52-37-38-53-74,59-85-65(75)47-35-27-25-31-41-57-83-69(78)63(43-17-11-5)45-33-21-15-9-3)60-86-66(76)48-36-28-26-32-42-58-84-70(79)64(44-18-12-6)46-34-22-16-10-4/h13-14,19-20,63-64,68H,7-12,15-18,21-62H2,1-6H3,(H,73,80)/b19-13-,20-14-. The van der Waals surface area contributed by atoms with Crippen LogP contribution in [0.15, 0.2) is 24.3 Å². The summed E-state index contributed by atoms with van der Waals surface area (Å²) < 4.78 is 47.5. The number of esters is 5. The average molecular weight is 1250 g/mol. The van der Waals surface area contributed by atoms with Gasteiger partial charge < -0.3 is 48.1 Å². The molecular formula is C72H130N2O14. The molecule has 1 aliphatic heterocycles. The van der Waals surface area contributed by atoms with Gasteiger partial charge in [-0.1, -0.05) is 181 Å². The summed E-state index contributed by atoms with van der Waals surface area (Å²) in [7, 11) is 0. The van der Waals surface area contributed by atoms with Crippen LogP contribution in [0.4, 0.5) is 4.79 Å². The van der Waals surface area contributed by atoms with Gasteiger partial charge in [0.1, 0.15) is 31.8 Å². The van der Waals surface area contributed by atoms with Crippen LogP contribution >= 0.6 is 0 Å². The lowest BCUT2D eigenvalue weighted by Gasteiger charge is -2.31. The van der Waals surface area contributed by atoms with Gasteiger partial charge in [0.05, 0.1) is 31.5 Å². The third-order valence-electron chi connectivity index (χ3n) is 16.4. The lowest BCUT2D eigenvalue weighted by atomic mass is 9.92. The minimum atomic E-state index is -1.43. The molecule has 0 saturated carbocycles. The largest absolute Gasteiger partial charge is 0.465 e. The van der Waals surface area contributed by atoms with Gasteiger partial charge in [0, 0.05) is 45.6 Å². The van der Waals surface area contributed by atoms with E-state index in [1.54, 1.807) is 0 Å². The van der Waals surface area contributed by atoms with Gasteiger partial charge in [-0.25, -0.2) is 4.79 Å². The Morgan fingerprint density at radius 2 is 0.807 bits per heavy atom. The molecule has 0 bridgehead atoms. The van der Waals surface area contributed by atoms with E-state index in [9.17, 15) is 28.8 Å². The second kappa shape index (κ2) is 59.3. The van der Waals surface area contributed by atoms with Crippen LogP contribution in [0.5, 0.6) is 0 Å². The lowest BCUT2D eigenvalue weighted by molar-refractivity contribution is -0.169. The number of likely N-dealkylation sites (tertiary alicyclic amines) is 1. The molecule has 1 heterocycles. The molecule has 1 N–H and O–H groups in total. The Bertz CT molecular complexity index is 1680. The number of hydrogen-bond donors (Lipinski definition) is 1. The van der Waals surface area contributed by atoms with E-state index in [2.05, 4.69) is 76.1 Å². The van der Waals surface area contributed by atoms with E-state index in [4.69, 9.17) is 37.9 Å². The molecule has 1 rings (SSSR count). The molecule has 2 atom stereocenters. The van der Waals surface area contributed by atoms with E-state index >= 15 is 0 Å². The fourth-order valence-electron chi connectivity index (χ4n) is 10.6. The van der Waals surface area contributed by atoms with Gasteiger partial charge in [0.2, 0.25) is 0 Å². The van der Waals surface area contributed by atoms with Crippen molar-refractivity contribution < 1.29 is 66.7 Å². The molecule has 16 nitrogen and oxygen atoms in total. The molecule has 0 spiro atoms. The number of amides is 1. The van der Waals surface area contributed by atoms with Crippen molar-refractivity contribution in [3.05, 3.63) is 24.3 Å². The second-order valence-corrected chi connectivity index (χ2v) is 24.7. The Kier molecular flexibility index (Phi) is 55.2. The molecule has 1 amide bonds. The lowest BCUT2D eigenvalue weighted by Crippen LogP contribution is -2.45. The van der Waals surface area contributed by atoms with Crippen LogP contribution in [-0.2, 0) is 61.9 Å². The first kappa shape index (κ1) is 82.0. The fraction of sp³-hybridized carbons (Fsp3) is 0.861. The predicted molar refractivity (Wildman–Crippen MR) is 353 cm³/mol. The van der Waals surface area contributed by atoms with Crippen molar-refractivity contribution in [3.63, 3.8) is 0 Å². The monoisotopic (exact) mass is 1250 g/mol.